The summed E-state index contributed by atoms with van der Waals surface area (Å²) >= 11 is 0. The van der Waals surface area contributed by atoms with Crippen molar-refractivity contribution in [2.45, 2.75) is 19.9 Å². The van der Waals surface area contributed by atoms with E-state index in [1.165, 1.54) is 7.11 Å². The van der Waals surface area contributed by atoms with Crippen molar-refractivity contribution in [2.75, 3.05) is 19.5 Å². The van der Waals surface area contributed by atoms with Gasteiger partial charge in [0.2, 0.25) is 0 Å². The fraction of sp³-hybridized carbons (Fsp3) is 0.375. The van der Waals surface area contributed by atoms with E-state index in [-0.39, 0.29) is 11.9 Å². The standard InChI is InChI=1S/C16H20N2O3/c1-10(2)14(16(19)21-4)18-15-13-6-5-12(20-3)9-11(13)7-8-17-15/h5-10,14H,1-4H3,(H,17,18). The first-order valence-electron chi connectivity index (χ1n) is 6.84. The zero-order chi connectivity index (χ0) is 15.4. The SMILES string of the molecule is COC(=O)C(Nc1nccc2cc(OC)ccc12)C(C)C. The fourth-order valence-corrected chi connectivity index (χ4v) is 2.17. The third-order valence-electron chi connectivity index (χ3n) is 3.39. The Kier molecular flexibility index (Phi) is 4.62. The van der Waals surface area contributed by atoms with Gasteiger partial charge in [-0.05, 0) is 35.6 Å². The molecule has 0 aliphatic carbocycles. The van der Waals surface area contributed by atoms with Gasteiger partial charge in [0.1, 0.15) is 17.6 Å². The van der Waals surface area contributed by atoms with E-state index in [9.17, 15) is 4.79 Å². The van der Waals surface area contributed by atoms with E-state index < -0.39 is 6.04 Å². The minimum absolute atomic E-state index is 0.0905. The summed E-state index contributed by atoms with van der Waals surface area (Å²) < 4.78 is 10.1. The lowest BCUT2D eigenvalue weighted by Gasteiger charge is -2.21. The number of hydrogen-bond donors (Lipinski definition) is 1. The van der Waals surface area contributed by atoms with Crippen LogP contribution < -0.4 is 10.1 Å². The second-order valence-corrected chi connectivity index (χ2v) is 5.14. The highest BCUT2D eigenvalue weighted by Crippen LogP contribution is 2.26. The van der Waals surface area contributed by atoms with Crippen LogP contribution in [0, 0.1) is 5.92 Å². The summed E-state index contributed by atoms with van der Waals surface area (Å²) in [5, 5.41) is 5.12. The van der Waals surface area contributed by atoms with Crippen molar-refractivity contribution in [1.29, 1.82) is 0 Å². The van der Waals surface area contributed by atoms with Crippen molar-refractivity contribution >= 4 is 22.6 Å². The summed E-state index contributed by atoms with van der Waals surface area (Å²) in [6.45, 7) is 3.92. The number of nitrogens with zero attached hydrogens (tertiary/aromatic N) is 1. The zero-order valence-electron chi connectivity index (χ0n) is 12.7. The highest BCUT2D eigenvalue weighted by molar-refractivity contribution is 5.94. The predicted molar refractivity (Wildman–Crippen MR) is 82.6 cm³/mol. The maximum Gasteiger partial charge on any atom is 0.328 e. The van der Waals surface area contributed by atoms with Gasteiger partial charge in [-0.3, -0.25) is 0 Å². The molecular formula is C16H20N2O3. The largest absolute Gasteiger partial charge is 0.497 e. The summed E-state index contributed by atoms with van der Waals surface area (Å²) in [6, 6.07) is 7.21. The van der Waals surface area contributed by atoms with Gasteiger partial charge in [-0.15, -0.1) is 0 Å². The molecule has 0 aliphatic rings. The number of esters is 1. The average Bonchev–Trinajstić information content (AvgIpc) is 2.50. The molecule has 1 unspecified atom stereocenters. The molecule has 1 aromatic carbocycles. The van der Waals surface area contributed by atoms with Crippen molar-refractivity contribution in [3.05, 3.63) is 30.5 Å². The normalized spacial score (nSPS) is 12.2. The number of aromatic nitrogens is 1. The van der Waals surface area contributed by atoms with E-state index >= 15 is 0 Å². The molecule has 1 atom stereocenters. The smallest absolute Gasteiger partial charge is 0.328 e. The van der Waals surface area contributed by atoms with Gasteiger partial charge in [-0.25, -0.2) is 9.78 Å². The minimum atomic E-state index is -0.435. The molecule has 5 nitrogen and oxygen atoms in total. The lowest BCUT2D eigenvalue weighted by Crippen LogP contribution is -2.35. The van der Waals surface area contributed by atoms with Gasteiger partial charge in [0.05, 0.1) is 14.2 Å². The third kappa shape index (κ3) is 3.24. The molecule has 0 amide bonds. The Hall–Kier alpha value is -2.30. The number of pyridine rings is 1. The van der Waals surface area contributed by atoms with Crippen molar-refractivity contribution in [1.82, 2.24) is 4.98 Å². The summed E-state index contributed by atoms with van der Waals surface area (Å²) in [7, 11) is 3.02. The Balaban J connectivity index is 2.39. The van der Waals surface area contributed by atoms with E-state index in [0.717, 1.165) is 16.5 Å². The zero-order valence-corrected chi connectivity index (χ0v) is 12.7. The fourth-order valence-electron chi connectivity index (χ4n) is 2.17. The van der Waals surface area contributed by atoms with E-state index in [0.29, 0.717) is 5.82 Å². The molecule has 0 saturated heterocycles. The molecule has 1 aromatic heterocycles. The highest BCUT2D eigenvalue weighted by Gasteiger charge is 2.23. The van der Waals surface area contributed by atoms with E-state index in [1.54, 1.807) is 13.3 Å². The van der Waals surface area contributed by atoms with Gasteiger partial charge in [-0.1, -0.05) is 13.8 Å². The Morgan fingerprint density at radius 3 is 2.62 bits per heavy atom. The first-order valence-corrected chi connectivity index (χ1v) is 6.84. The van der Waals surface area contributed by atoms with E-state index in [4.69, 9.17) is 9.47 Å². The Morgan fingerprint density at radius 2 is 2.00 bits per heavy atom. The summed E-state index contributed by atoms with van der Waals surface area (Å²) in [5.74, 6) is 1.25. The number of methoxy groups -OCH3 is 2. The van der Waals surface area contributed by atoms with Gasteiger partial charge >= 0.3 is 5.97 Å². The minimum Gasteiger partial charge on any atom is -0.497 e. The van der Waals surface area contributed by atoms with Crippen LogP contribution in [0.15, 0.2) is 30.5 Å². The Bertz CT molecular complexity index is 640. The van der Waals surface area contributed by atoms with Crippen LogP contribution in [0.2, 0.25) is 0 Å². The molecule has 0 radical (unpaired) electrons. The molecule has 0 spiro atoms. The van der Waals surface area contributed by atoms with Crippen LogP contribution in [-0.4, -0.2) is 31.2 Å². The van der Waals surface area contributed by atoms with Crippen LogP contribution in [0.4, 0.5) is 5.82 Å². The topological polar surface area (TPSA) is 60.5 Å². The molecule has 1 N–H and O–H groups in total. The highest BCUT2D eigenvalue weighted by atomic mass is 16.5. The van der Waals surface area contributed by atoms with Crippen molar-refractivity contribution < 1.29 is 14.3 Å². The van der Waals surface area contributed by atoms with Gasteiger partial charge < -0.3 is 14.8 Å². The number of ether oxygens (including phenoxy) is 2. The third-order valence-corrected chi connectivity index (χ3v) is 3.39. The van der Waals surface area contributed by atoms with Crippen LogP contribution in [0.3, 0.4) is 0 Å². The first-order chi connectivity index (χ1) is 10.1. The van der Waals surface area contributed by atoms with Crippen LogP contribution in [0.1, 0.15) is 13.8 Å². The number of carbonyl (C=O) groups is 1. The molecule has 0 saturated carbocycles. The van der Waals surface area contributed by atoms with Gasteiger partial charge in [0, 0.05) is 11.6 Å². The quantitative estimate of drug-likeness (QED) is 0.857. The molecule has 2 rings (SSSR count). The number of benzene rings is 1. The van der Waals surface area contributed by atoms with E-state index in [1.807, 2.05) is 38.1 Å². The maximum absolute atomic E-state index is 11.9. The summed E-state index contributed by atoms with van der Waals surface area (Å²) in [4.78, 5) is 16.2. The van der Waals surface area contributed by atoms with Crippen molar-refractivity contribution in [2.24, 2.45) is 5.92 Å². The first kappa shape index (κ1) is 15.1. The van der Waals surface area contributed by atoms with Crippen LogP contribution >= 0.6 is 0 Å². The number of rotatable bonds is 5. The predicted octanol–water partition coefficient (Wildman–Crippen LogP) is 2.85. The lowest BCUT2D eigenvalue weighted by molar-refractivity contribution is -0.142. The molecule has 5 heteroatoms. The summed E-state index contributed by atoms with van der Waals surface area (Å²) in [6.07, 6.45) is 1.71. The number of carbonyl (C=O) groups excluding carboxylic acids is 1. The average molecular weight is 288 g/mol. The molecule has 1 heterocycles. The Labute approximate surface area is 124 Å². The van der Waals surface area contributed by atoms with Gasteiger partial charge in [0.15, 0.2) is 0 Å². The van der Waals surface area contributed by atoms with E-state index in [2.05, 4.69) is 10.3 Å². The monoisotopic (exact) mass is 288 g/mol. The molecule has 0 fully saturated rings. The van der Waals surface area contributed by atoms with Gasteiger partial charge in [0.25, 0.3) is 0 Å². The van der Waals surface area contributed by atoms with Crippen molar-refractivity contribution in [3.63, 3.8) is 0 Å². The molecule has 0 bridgehead atoms. The van der Waals surface area contributed by atoms with Crippen LogP contribution in [-0.2, 0) is 9.53 Å². The number of hydrogen-bond acceptors (Lipinski definition) is 5. The maximum atomic E-state index is 11.9. The second-order valence-electron chi connectivity index (χ2n) is 5.14. The molecule has 2 aromatic rings. The number of fused-ring (bicyclic) bond motifs is 1. The van der Waals surface area contributed by atoms with Gasteiger partial charge in [-0.2, -0.15) is 0 Å². The molecule has 21 heavy (non-hydrogen) atoms. The van der Waals surface area contributed by atoms with Crippen molar-refractivity contribution in [3.8, 4) is 5.75 Å². The van der Waals surface area contributed by atoms with Crippen LogP contribution in [0.5, 0.6) is 5.75 Å². The molecule has 112 valence electrons. The van der Waals surface area contributed by atoms with Crippen LogP contribution in [0.25, 0.3) is 10.8 Å². The number of anilines is 1. The second kappa shape index (κ2) is 6.43. The molecule has 0 aliphatic heterocycles. The Morgan fingerprint density at radius 1 is 1.24 bits per heavy atom. The summed E-state index contributed by atoms with van der Waals surface area (Å²) in [5.41, 5.74) is 0. The molecular weight excluding hydrogens is 268 g/mol. The lowest BCUT2D eigenvalue weighted by atomic mass is 10.0. The number of nitrogens with one attached hydrogen (secondary N) is 1.